The fraction of sp³-hybridized carbons (Fsp3) is 0.0333. The number of esters is 1. The van der Waals surface area contributed by atoms with Crippen LogP contribution in [0, 0.1) is 0 Å². The van der Waals surface area contributed by atoms with Gasteiger partial charge in [-0.15, -0.1) is 0 Å². The van der Waals surface area contributed by atoms with Crippen molar-refractivity contribution in [3.05, 3.63) is 117 Å². The van der Waals surface area contributed by atoms with Gasteiger partial charge in [-0.25, -0.2) is 10.2 Å². The van der Waals surface area contributed by atoms with E-state index < -0.39 is 11.9 Å². The predicted molar refractivity (Wildman–Crippen MR) is 159 cm³/mol. The Morgan fingerprint density at radius 3 is 2.44 bits per heavy atom. The molecule has 39 heavy (non-hydrogen) atoms. The highest BCUT2D eigenvalue weighted by Crippen LogP contribution is 2.35. The maximum absolute atomic E-state index is 13.3. The van der Waals surface area contributed by atoms with E-state index >= 15 is 0 Å². The number of hydrogen-bond acceptors (Lipinski definition) is 5. The highest BCUT2D eigenvalue weighted by Gasteiger charge is 2.20. The van der Waals surface area contributed by atoms with Gasteiger partial charge in [0.2, 0.25) is 0 Å². The lowest BCUT2D eigenvalue weighted by molar-refractivity contribution is 0.0734. The first-order valence-corrected chi connectivity index (χ1v) is 13.4. The molecule has 1 amide bonds. The molecule has 0 bridgehead atoms. The van der Waals surface area contributed by atoms with Crippen LogP contribution in [-0.4, -0.2) is 30.2 Å². The molecule has 0 fully saturated rings. The van der Waals surface area contributed by atoms with Gasteiger partial charge in [0.25, 0.3) is 5.91 Å². The van der Waals surface area contributed by atoms with Crippen molar-refractivity contribution in [1.82, 2.24) is 10.4 Å². The number of amides is 1. The Labute approximate surface area is 241 Å². The van der Waals surface area contributed by atoms with Crippen molar-refractivity contribution in [3.8, 4) is 22.6 Å². The Morgan fingerprint density at radius 2 is 1.69 bits per heavy atom. The van der Waals surface area contributed by atoms with Gasteiger partial charge in [0.05, 0.1) is 24.4 Å². The molecule has 5 rings (SSSR count). The van der Waals surface area contributed by atoms with Gasteiger partial charge < -0.3 is 14.5 Å². The van der Waals surface area contributed by atoms with E-state index in [0.717, 1.165) is 31.0 Å². The lowest BCUT2D eigenvalue weighted by Crippen LogP contribution is -2.19. The van der Waals surface area contributed by atoms with Crippen molar-refractivity contribution in [2.24, 2.45) is 5.10 Å². The van der Waals surface area contributed by atoms with Gasteiger partial charge in [-0.1, -0.05) is 58.4 Å². The number of hydrogen-bond donors (Lipinski definition) is 2. The van der Waals surface area contributed by atoms with Gasteiger partial charge in [-0.2, -0.15) is 5.10 Å². The molecule has 5 aromatic rings. The Morgan fingerprint density at radius 1 is 0.923 bits per heavy atom. The van der Waals surface area contributed by atoms with Gasteiger partial charge in [0, 0.05) is 25.5 Å². The van der Waals surface area contributed by atoms with Crippen LogP contribution >= 0.6 is 31.9 Å². The molecule has 7 nitrogen and oxygen atoms in total. The maximum Gasteiger partial charge on any atom is 0.343 e. The largest absolute Gasteiger partial charge is 0.497 e. The molecule has 0 saturated heterocycles. The minimum atomic E-state index is -0.533. The Kier molecular flexibility index (Phi) is 7.90. The number of nitrogens with one attached hydrogen (secondary N) is 2. The van der Waals surface area contributed by atoms with E-state index in [1.54, 1.807) is 49.6 Å². The van der Waals surface area contributed by atoms with E-state index in [-0.39, 0.29) is 5.75 Å². The van der Waals surface area contributed by atoms with E-state index in [1.807, 2.05) is 48.5 Å². The molecular weight excluding hydrogens is 626 g/mol. The molecule has 9 heteroatoms. The molecule has 194 valence electrons. The van der Waals surface area contributed by atoms with Gasteiger partial charge in [0.1, 0.15) is 17.2 Å². The van der Waals surface area contributed by atoms with Crippen molar-refractivity contribution >= 4 is 60.9 Å². The molecule has 4 aromatic carbocycles. The molecule has 1 heterocycles. The standard InChI is InChI=1S/C30H21Br2N3O4/c1-38-22-13-10-19(11-14-22)30(37)39-25-15-12-21(31)16-20(25)17-33-35-29(36)28-26(18-6-3-2-4-7-18)23-8-5-9-24(32)27(23)34-28/h2-17,34H,1H3,(H,35,36). The van der Waals surface area contributed by atoms with Crippen LogP contribution in [0.5, 0.6) is 11.5 Å². The minimum absolute atomic E-state index is 0.288. The van der Waals surface area contributed by atoms with Crippen LogP contribution in [0.15, 0.2) is 105 Å². The van der Waals surface area contributed by atoms with E-state index in [1.165, 1.54) is 6.21 Å². The van der Waals surface area contributed by atoms with Crippen LogP contribution in [0.25, 0.3) is 22.0 Å². The van der Waals surface area contributed by atoms with E-state index in [9.17, 15) is 9.59 Å². The first kappa shape index (κ1) is 26.4. The summed E-state index contributed by atoms with van der Waals surface area (Å²) in [6.45, 7) is 0. The van der Waals surface area contributed by atoms with Crippen LogP contribution in [0.1, 0.15) is 26.4 Å². The Bertz CT molecular complexity index is 1700. The second kappa shape index (κ2) is 11.7. The van der Waals surface area contributed by atoms with E-state index in [0.29, 0.717) is 22.6 Å². The van der Waals surface area contributed by atoms with Gasteiger partial charge in [-0.05, 0) is 70.0 Å². The summed E-state index contributed by atoms with van der Waals surface area (Å²) in [5, 5.41) is 5.07. The average molecular weight is 647 g/mol. The summed E-state index contributed by atoms with van der Waals surface area (Å²) in [5.74, 6) is -0.0252. The summed E-state index contributed by atoms with van der Waals surface area (Å²) in [4.78, 5) is 29.2. The zero-order valence-electron chi connectivity index (χ0n) is 20.6. The molecule has 0 aliphatic heterocycles. The molecule has 0 spiro atoms. The molecule has 0 radical (unpaired) electrons. The van der Waals surface area contributed by atoms with Crippen molar-refractivity contribution in [2.75, 3.05) is 7.11 Å². The number of rotatable bonds is 7. The smallest absolute Gasteiger partial charge is 0.343 e. The number of aromatic amines is 1. The number of halogens is 2. The van der Waals surface area contributed by atoms with Crippen LogP contribution in [-0.2, 0) is 0 Å². The average Bonchev–Trinajstić information content (AvgIpc) is 3.36. The van der Waals surface area contributed by atoms with E-state index in [4.69, 9.17) is 9.47 Å². The van der Waals surface area contributed by atoms with Crippen molar-refractivity contribution in [3.63, 3.8) is 0 Å². The zero-order valence-corrected chi connectivity index (χ0v) is 23.7. The van der Waals surface area contributed by atoms with Crippen LogP contribution in [0.4, 0.5) is 0 Å². The summed E-state index contributed by atoms with van der Waals surface area (Å²) in [6.07, 6.45) is 1.43. The first-order valence-electron chi connectivity index (χ1n) is 11.8. The fourth-order valence-electron chi connectivity index (χ4n) is 4.07. The third-order valence-corrected chi connectivity index (χ3v) is 7.10. The minimum Gasteiger partial charge on any atom is -0.497 e. The normalized spacial score (nSPS) is 11.1. The molecule has 0 aliphatic carbocycles. The number of fused-ring (bicyclic) bond motifs is 1. The lowest BCUT2D eigenvalue weighted by Gasteiger charge is -2.09. The molecule has 0 atom stereocenters. The van der Waals surface area contributed by atoms with Crippen molar-refractivity contribution in [2.45, 2.75) is 0 Å². The van der Waals surface area contributed by atoms with Crippen LogP contribution in [0.2, 0.25) is 0 Å². The number of benzene rings is 4. The second-order valence-corrected chi connectivity index (χ2v) is 10.2. The number of methoxy groups -OCH3 is 1. The molecule has 0 saturated carbocycles. The van der Waals surface area contributed by atoms with Crippen molar-refractivity contribution in [1.29, 1.82) is 0 Å². The molecule has 2 N–H and O–H groups in total. The summed E-state index contributed by atoms with van der Waals surface area (Å²) in [5.41, 5.74) is 6.32. The number of nitrogens with zero attached hydrogens (tertiary/aromatic N) is 1. The number of H-pyrrole nitrogens is 1. The summed E-state index contributed by atoms with van der Waals surface area (Å²) < 4.78 is 12.4. The molecule has 0 unspecified atom stereocenters. The Hall–Kier alpha value is -4.21. The number of ether oxygens (including phenoxy) is 2. The summed E-state index contributed by atoms with van der Waals surface area (Å²) >= 11 is 6.99. The first-order chi connectivity index (χ1) is 18.9. The van der Waals surface area contributed by atoms with Crippen molar-refractivity contribution < 1.29 is 19.1 Å². The number of carbonyl (C=O) groups is 2. The predicted octanol–water partition coefficient (Wildman–Crippen LogP) is 7.35. The van der Waals surface area contributed by atoms with Crippen LogP contribution in [0.3, 0.4) is 0 Å². The third kappa shape index (κ3) is 5.79. The molecular formula is C30H21Br2N3O4. The topological polar surface area (TPSA) is 92.8 Å². The monoisotopic (exact) mass is 645 g/mol. The third-order valence-electron chi connectivity index (χ3n) is 5.94. The number of carbonyl (C=O) groups excluding carboxylic acids is 2. The number of aromatic nitrogens is 1. The van der Waals surface area contributed by atoms with Gasteiger partial charge >= 0.3 is 5.97 Å². The SMILES string of the molecule is COc1ccc(C(=O)Oc2ccc(Br)cc2C=NNC(=O)c2[nH]c3c(Br)cccc3c2-c2ccccc2)cc1. The maximum atomic E-state index is 13.3. The summed E-state index contributed by atoms with van der Waals surface area (Å²) in [6, 6.07) is 27.2. The van der Waals surface area contributed by atoms with Gasteiger partial charge in [-0.3, -0.25) is 4.79 Å². The van der Waals surface area contributed by atoms with E-state index in [2.05, 4.69) is 47.4 Å². The quantitative estimate of drug-likeness (QED) is 0.0837. The molecule has 0 aliphatic rings. The molecule has 1 aromatic heterocycles. The van der Waals surface area contributed by atoms with Gasteiger partial charge in [0.15, 0.2) is 0 Å². The zero-order chi connectivity index (χ0) is 27.4. The summed E-state index contributed by atoms with van der Waals surface area (Å²) in [7, 11) is 1.55. The number of para-hydroxylation sites is 1. The second-order valence-electron chi connectivity index (χ2n) is 8.40. The number of hydrazone groups is 1. The highest BCUT2D eigenvalue weighted by molar-refractivity contribution is 9.11. The van der Waals surface area contributed by atoms with Crippen LogP contribution < -0.4 is 14.9 Å². The Balaban J connectivity index is 1.40. The highest BCUT2D eigenvalue weighted by atomic mass is 79.9. The fourth-order valence-corrected chi connectivity index (χ4v) is 4.92. The lowest BCUT2D eigenvalue weighted by atomic mass is 10.0.